The molecule has 1 heterocycles. The molecule has 0 aliphatic rings. The lowest BCUT2D eigenvalue weighted by atomic mass is 10.2. The molecule has 0 atom stereocenters. The maximum atomic E-state index is 11.2. The Labute approximate surface area is 86.1 Å². The molecule has 1 aromatic carbocycles. The van der Waals surface area contributed by atoms with Gasteiger partial charge in [0.1, 0.15) is 11.3 Å². The second-order valence-corrected chi connectivity index (χ2v) is 4.45. The Morgan fingerprint density at radius 3 is 2.80 bits per heavy atom. The summed E-state index contributed by atoms with van der Waals surface area (Å²) in [7, 11) is -2.30. The Kier molecular flexibility index (Phi) is 2.13. The number of benzene rings is 1. The van der Waals surface area contributed by atoms with Gasteiger partial charge in [0.25, 0.3) is 10.0 Å². The molecule has 0 bridgehead atoms. The molecule has 0 aliphatic heterocycles. The monoisotopic (exact) mass is 227 g/mol. The van der Waals surface area contributed by atoms with E-state index in [0.717, 1.165) is 0 Å². The number of rotatable bonds is 2. The van der Waals surface area contributed by atoms with Crippen LogP contribution < -0.4 is 9.88 Å². The highest BCUT2D eigenvalue weighted by molar-refractivity contribution is 7.89. The summed E-state index contributed by atoms with van der Waals surface area (Å²) < 4.78 is 27.4. The molecular formula is C8H9N3O3S. The van der Waals surface area contributed by atoms with Crippen molar-refractivity contribution in [3.8, 4) is 5.75 Å². The van der Waals surface area contributed by atoms with Gasteiger partial charge in [0.15, 0.2) is 5.03 Å². The number of fused-ring (bicyclic) bond motifs is 1. The van der Waals surface area contributed by atoms with Crippen molar-refractivity contribution in [2.75, 3.05) is 7.11 Å². The third-order valence-corrected chi connectivity index (χ3v) is 2.90. The second-order valence-electron chi connectivity index (χ2n) is 2.95. The highest BCUT2D eigenvalue weighted by Crippen LogP contribution is 2.26. The first-order chi connectivity index (χ1) is 7.04. The number of methoxy groups -OCH3 is 1. The summed E-state index contributed by atoms with van der Waals surface area (Å²) in [6.45, 7) is 0. The summed E-state index contributed by atoms with van der Waals surface area (Å²) in [5.74, 6) is 0.499. The van der Waals surface area contributed by atoms with Crippen molar-refractivity contribution in [2.24, 2.45) is 5.14 Å². The van der Waals surface area contributed by atoms with Crippen molar-refractivity contribution in [1.29, 1.82) is 0 Å². The Morgan fingerprint density at radius 1 is 1.47 bits per heavy atom. The molecule has 0 fully saturated rings. The van der Waals surface area contributed by atoms with E-state index in [-0.39, 0.29) is 5.03 Å². The molecule has 0 spiro atoms. The van der Waals surface area contributed by atoms with Crippen LogP contribution in [0.25, 0.3) is 10.9 Å². The lowest BCUT2D eigenvalue weighted by molar-refractivity contribution is 0.419. The third kappa shape index (κ3) is 1.55. The van der Waals surface area contributed by atoms with Crippen LogP contribution in [0.4, 0.5) is 0 Å². The van der Waals surface area contributed by atoms with Gasteiger partial charge in [-0.3, -0.25) is 5.10 Å². The fraction of sp³-hybridized carbons (Fsp3) is 0.125. The molecule has 2 rings (SSSR count). The van der Waals surface area contributed by atoms with Crippen molar-refractivity contribution in [3.05, 3.63) is 18.2 Å². The molecule has 3 N–H and O–H groups in total. The number of nitrogens with zero attached hydrogens (tertiary/aromatic N) is 1. The number of hydrogen-bond donors (Lipinski definition) is 2. The predicted octanol–water partition coefficient (Wildman–Crippen LogP) is 0.219. The van der Waals surface area contributed by atoms with Gasteiger partial charge in [0.2, 0.25) is 0 Å². The highest BCUT2D eigenvalue weighted by atomic mass is 32.2. The topological polar surface area (TPSA) is 98.1 Å². The number of aromatic amines is 1. The molecule has 7 heteroatoms. The minimum atomic E-state index is -3.78. The average Bonchev–Trinajstić information content (AvgIpc) is 2.59. The number of aromatic nitrogens is 2. The molecule has 2 aromatic rings. The van der Waals surface area contributed by atoms with Crippen molar-refractivity contribution < 1.29 is 13.2 Å². The molecule has 15 heavy (non-hydrogen) atoms. The Bertz CT molecular complexity index is 603. The first-order valence-electron chi connectivity index (χ1n) is 4.08. The van der Waals surface area contributed by atoms with Crippen LogP contribution in [0.2, 0.25) is 0 Å². The van der Waals surface area contributed by atoms with E-state index in [2.05, 4.69) is 10.2 Å². The van der Waals surface area contributed by atoms with Crippen LogP contribution in [0.1, 0.15) is 0 Å². The van der Waals surface area contributed by atoms with E-state index < -0.39 is 10.0 Å². The average molecular weight is 227 g/mol. The first-order valence-corrected chi connectivity index (χ1v) is 5.62. The van der Waals surface area contributed by atoms with Gasteiger partial charge in [0.05, 0.1) is 7.11 Å². The van der Waals surface area contributed by atoms with Gasteiger partial charge >= 0.3 is 0 Å². The maximum absolute atomic E-state index is 11.2. The summed E-state index contributed by atoms with van der Waals surface area (Å²) in [6, 6.07) is 4.97. The lowest BCUT2D eigenvalue weighted by Crippen LogP contribution is -2.12. The van der Waals surface area contributed by atoms with Crippen LogP contribution in [-0.2, 0) is 10.0 Å². The van der Waals surface area contributed by atoms with Crippen LogP contribution in [-0.4, -0.2) is 25.7 Å². The number of hydrogen-bond acceptors (Lipinski definition) is 4. The quantitative estimate of drug-likeness (QED) is 0.766. The Morgan fingerprint density at radius 2 is 2.20 bits per heavy atom. The second kappa shape index (κ2) is 3.21. The number of primary sulfonamides is 1. The van der Waals surface area contributed by atoms with Crippen LogP contribution in [0.3, 0.4) is 0 Å². The molecular weight excluding hydrogens is 218 g/mol. The summed E-state index contributed by atoms with van der Waals surface area (Å²) in [4.78, 5) is 0. The van der Waals surface area contributed by atoms with E-state index in [9.17, 15) is 8.42 Å². The van der Waals surface area contributed by atoms with Crippen molar-refractivity contribution in [3.63, 3.8) is 0 Å². The van der Waals surface area contributed by atoms with Gasteiger partial charge in [0, 0.05) is 5.39 Å². The number of sulfonamides is 1. The van der Waals surface area contributed by atoms with E-state index in [0.29, 0.717) is 16.7 Å². The summed E-state index contributed by atoms with van der Waals surface area (Å²) in [5.41, 5.74) is 0.448. The number of H-pyrrole nitrogens is 1. The van der Waals surface area contributed by atoms with Crippen LogP contribution in [0.5, 0.6) is 5.75 Å². The van der Waals surface area contributed by atoms with E-state index in [4.69, 9.17) is 9.88 Å². The van der Waals surface area contributed by atoms with Gasteiger partial charge in [-0.1, -0.05) is 6.07 Å². The minimum absolute atomic E-state index is 0.101. The van der Waals surface area contributed by atoms with E-state index in [1.54, 1.807) is 18.2 Å². The number of nitrogens with one attached hydrogen (secondary N) is 1. The van der Waals surface area contributed by atoms with Gasteiger partial charge in [-0.15, -0.1) is 0 Å². The zero-order chi connectivity index (χ0) is 11.1. The zero-order valence-electron chi connectivity index (χ0n) is 7.89. The largest absolute Gasteiger partial charge is 0.494 e. The summed E-state index contributed by atoms with van der Waals surface area (Å²) in [5, 5.41) is 11.6. The SMILES string of the molecule is COc1cccc2c(S(N)(=O)=O)[nH]nc12. The van der Waals surface area contributed by atoms with E-state index >= 15 is 0 Å². The molecule has 1 aromatic heterocycles. The Balaban J connectivity index is 2.83. The fourth-order valence-electron chi connectivity index (χ4n) is 1.37. The van der Waals surface area contributed by atoms with Crippen LogP contribution in [0.15, 0.2) is 23.2 Å². The number of nitrogens with two attached hydrogens (primary N) is 1. The van der Waals surface area contributed by atoms with Crippen molar-refractivity contribution >= 4 is 20.9 Å². The fourth-order valence-corrected chi connectivity index (χ4v) is 2.01. The maximum Gasteiger partial charge on any atom is 0.255 e. The van der Waals surface area contributed by atoms with Crippen molar-refractivity contribution in [1.82, 2.24) is 10.2 Å². The number of para-hydroxylation sites is 1. The van der Waals surface area contributed by atoms with Gasteiger partial charge < -0.3 is 4.74 Å². The molecule has 0 amide bonds. The van der Waals surface area contributed by atoms with Crippen LogP contribution >= 0.6 is 0 Å². The molecule has 0 saturated heterocycles. The Hall–Kier alpha value is -1.60. The van der Waals surface area contributed by atoms with Gasteiger partial charge in [-0.25, -0.2) is 13.6 Å². The van der Waals surface area contributed by atoms with Crippen molar-refractivity contribution in [2.45, 2.75) is 5.03 Å². The molecule has 0 unspecified atom stereocenters. The summed E-state index contributed by atoms with van der Waals surface area (Å²) in [6.07, 6.45) is 0. The van der Waals surface area contributed by atoms with Gasteiger partial charge in [-0.2, -0.15) is 5.10 Å². The zero-order valence-corrected chi connectivity index (χ0v) is 8.71. The number of ether oxygens (including phenoxy) is 1. The third-order valence-electron chi connectivity index (χ3n) is 2.02. The molecule has 0 saturated carbocycles. The normalized spacial score (nSPS) is 11.9. The highest BCUT2D eigenvalue weighted by Gasteiger charge is 2.17. The van der Waals surface area contributed by atoms with E-state index in [1.807, 2.05) is 0 Å². The molecule has 0 aliphatic carbocycles. The summed E-state index contributed by atoms with van der Waals surface area (Å²) >= 11 is 0. The molecule has 6 nitrogen and oxygen atoms in total. The standard InChI is InChI=1S/C8H9N3O3S/c1-14-6-4-2-3-5-7(6)10-11-8(5)15(9,12)13/h2-4H,1H3,(H,10,11)(H2,9,12,13). The lowest BCUT2D eigenvalue weighted by Gasteiger charge is -1.99. The molecule has 0 radical (unpaired) electrons. The minimum Gasteiger partial charge on any atom is -0.494 e. The predicted molar refractivity (Wildman–Crippen MR) is 54.0 cm³/mol. The smallest absolute Gasteiger partial charge is 0.255 e. The first kappa shape index (κ1) is 9.94. The van der Waals surface area contributed by atoms with E-state index in [1.165, 1.54) is 7.11 Å². The van der Waals surface area contributed by atoms with Crippen LogP contribution in [0, 0.1) is 0 Å². The van der Waals surface area contributed by atoms with Gasteiger partial charge in [-0.05, 0) is 12.1 Å². The molecule has 80 valence electrons.